The number of fused-ring (bicyclic) bond motifs is 1. The van der Waals surface area contributed by atoms with Crippen LogP contribution in [0.5, 0.6) is 0 Å². The van der Waals surface area contributed by atoms with Crippen LogP contribution in [-0.4, -0.2) is 32.2 Å². The SMILES string of the molecule is O=C(O)C1=Cc2ncccc2CN1C(=O)O. The second-order valence-electron chi connectivity index (χ2n) is 3.25. The number of carbonyl (C=O) groups is 2. The number of hydrogen-bond acceptors (Lipinski definition) is 3. The Balaban J connectivity index is 2.51. The van der Waals surface area contributed by atoms with E-state index in [2.05, 4.69) is 4.98 Å². The summed E-state index contributed by atoms with van der Waals surface area (Å²) < 4.78 is 0. The Morgan fingerprint density at radius 2 is 2.12 bits per heavy atom. The minimum absolute atomic E-state index is 0.0106. The molecule has 1 aliphatic rings. The molecule has 2 rings (SSSR count). The molecule has 0 aliphatic carbocycles. The highest BCUT2D eigenvalue weighted by atomic mass is 16.4. The van der Waals surface area contributed by atoms with Crippen LogP contribution in [0.3, 0.4) is 0 Å². The third-order valence-corrected chi connectivity index (χ3v) is 2.27. The van der Waals surface area contributed by atoms with Crippen LogP contribution in [0.2, 0.25) is 0 Å². The maximum absolute atomic E-state index is 10.9. The normalized spacial score (nSPS) is 14.0. The molecule has 0 bridgehead atoms. The summed E-state index contributed by atoms with van der Waals surface area (Å²) in [7, 11) is 0. The van der Waals surface area contributed by atoms with Crippen molar-refractivity contribution >= 4 is 18.1 Å². The largest absolute Gasteiger partial charge is 0.477 e. The second kappa shape index (κ2) is 3.65. The van der Waals surface area contributed by atoms with E-state index in [4.69, 9.17) is 10.2 Å². The van der Waals surface area contributed by atoms with E-state index in [1.54, 1.807) is 12.1 Å². The lowest BCUT2D eigenvalue weighted by molar-refractivity contribution is -0.134. The number of amides is 1. The Morgan fingerprint density at radius 3 is 2.75 bits per heavy atom. The standard InChI is InChI=1S/C10H8N2O4/c13-9(14)8-4-7-6(2-1-3-11-7)5-12(8)10(15)16/h1-4H,5H2,(H,13,14)(H,15,16). The van der Waals surface area contributed by atoms with Crippen LogP contribution in [0.1, 0.15) is 11.3 Å². The highest BCUT2D eigenvalue weighted by Gasteiger charge is 2.27. The van der Waals surface area contributed by atoms with Crippen molar-refractivity contribution in [3.8, 4) is 0 Å². The molecule has 0 aromatic carbocycles. The summed E-state index contributed by atoms with van der Waals surface area (Å²) in [5.74, 6) is -1.28. The fourth-order valence-corrected chi connectivity index (χ4v) is 1.53. The second-order valence-corrected chi connectivity index (χ2v) is 3.25. The van der Waals surface area contributed by atoms with Crippen LogP contribution in [0.15, 0.2) is 24.0 Å². The minimum atomic E-state index is -1.29. The van der Waals surface area contributed by atoms with Crippen LogP contribution in [0.4, 0.5) is 4.79 Å². The highest BCUT2D eigenvalue weighted by molar-refractivity contribution is 5.96. The van der Waals surface area contributed by atoms with Crippen molar-refractivity contribution in [2.45, 2.75) is 6.54 Å². The lowest BCUT2D eigenvalue weighted by Gasteiger charge is -2.24. The molecule has 0 spiro atoms. The van der Waals surface area contributed by atoms with Crippen LogP contribution in [0.25, 0.3) is 6.08 Å². The molecular weight excluding hydrogens is 212 g/mol. The molecule has 0 atom stereocenters. The molecule has 0 saturated heterocycles. The molecule has 1 aromatic rings. The van der Waals surface area contributed by atoms with Gasteiger partial charge in [0.05, 0.1) is 12.2 Å². The molecule has 16 heavy (non-hydrogen) atoms. The summed E-state index contributed by atoms with van der Waals surface area (Å²) in [5.41, 5.74) is 0.908. The molecule has 0 saturated carbocycles. The van der Waals surface area contributed by atoms with Gasteiger partial charge in [-0.15, -0.1) is 0 Å². The number of carboxylic acid groups (broad SMARTS) is 2. The van der Waals surface area contributed by atoms with Gasteiger partial charge in [-0.2, -0.15) is 0 Å². The number of carboxylic acids is 1. The monoisotopic (exact) mass is 220 g/mol. The average Bonchev–Trinajstić information content (AvgIpc) is 2.27. The predicted octanol–water partition coefficient (Wildman–Crippen LogP) is 1.00. The third kappa shape index (κ3) is 1.60. The van der Waals surface area contributed by atoms with Crippen molar-refractivity contribution in [1.29, 1.82) is 0 Å². The molecule has 1 aromatic heterocycles. The van der Waals surface area contributed by atoms with Crippen molar-refractivity contribution in [3.05, 3.63) is 35.3 Å². The summed E-state index contributed by atoms with van der Waals surface area (Å²) in [6.45, 7) is 0.0106. The molecule has 6 heteroatoms. The Labute approximate surface area is 90.5 Å². The van der Waals surface area contributed by atoms with E-state index in [9.17, 15) is 9.59 Å². The van der Waals surface area contributed by atoms with Crippen molar-refractivity contribution in [3.63, 3.8) is 0 Å². The summed E-state index contributed by atoms with van der Waals surface area (Å²) in [6.07, 6.45) is 1.50. The van der Waals surface area contributed by atoms with E-state index in [-0.39, 0.29) is 12.2 Å². The average molecular weight is 220 g/mol. The highest BCUT2D eigenvalue weighted by Crippen LogP contribution is 2.22. The topological polar surface area (TPSA) is 90.7 Å². The molecule has 1 amide bonds. The zero-order chi connectivity index (χ0) is 11.7. The molecular formula is C10H8N2O4. The van der Waals surface area contributed by atoms with Gasteiger partial charge in [0.2, 0.25) is 0 Å². The van der Waals surface area contributed by atoms with Gasteiger partial charge in [0.1, 0.15) is 5.70 Å². The van der Waals surface area contributed by atoms with Gasteiger partial charge in [0.15, 0.2) is 0 Å². The first kappa shape index (κ1) is 10.2. The first-order valence-corrected chi connectivity index (χ1v) is 4.49. The van der Waals surface area contributed by atoms with Gasteiger partial charge >= 0.3 is 12.1 Å². The van der Waals surface area contributed by atoms with Gasteiger partial charge in [-0.1, -0.05) is 6.07 Å². The number of nitrogens with zero attached hydrogens (tertiary/aromatic N) is 2. The van der Waals surface area contributed by atoms with Crippen molar-refractivity contribution in [1.82, 2.24) is 9.88 Å². The zero-order valence-corrected chi connectivity index (χ0v) is 8.12. The Morgan fingerprint density at radius 1 is 1.38 bits per heavy atom. The first-order valence-electron chi connectivity index (χ1n) is 4.49. The smallest absolute Gasteiger partial charge is 0.412 e. The number of aromatic nitrogens is 1. The van der Waals surface area contributed by atoms with Gasteiger partial charge in [0, 0.05) is 6.20 Å². The van der Waals surface area contributed by atoms with E-state index >= 15 is 0 Å². The van der Waals surface area contributed by atoms with Crippen LogP contribution in [0, 0.1) is 0 Å². The van der Waals surface area contributed by atoms with Gasteiger partial charge in [-0.3, -0.25) is 9.88 Å². The van der Waals surface area contributed by atoms with Gasteiger partial charge < -0.3 is 10.2 Å². The quantitative estimate of drug-likeness (QED) is 0.736. The predicted molar refractivity (Wildman–Crippen MR) is 53.4 cm³/mol. The summed E-state index contributed by atoms with van der Waals surface area (Å²) in [5, 5.41) is 17.8. The van der Waals surface area contributed by atoms with E-state index in [0.29, 0.717) is 11.3 Å². The van der Waals surface area contributed by atoms with Crippen LogP contribution in [-0.2, 0) is 11.3 Å². The lowest BCUT2D eigenvalue weighted by atomic mass is 10.1. The Hall–Kier alpha value is -2.37. The maximum Gasteiger partial charge on any atom is 0.412 e. The molecule has 0 radical (unpaired) electrons. The van der Waals surface area contributed by atoms with Crippen LogP contribution < -0.4 is 0 Å². The molecule has 6 nitrogen and oxygen atoms in total. The van der Waals surface area contributed by atoms with Crippen LogP contribution >= 0.6 is 0 Å². The molecule has 0 unspecified atom stereocenters. The molecule has 2 heterocycles. The summed E-state index contributed by atoms with van der Waals surface area (Å²) in [6, 6.07) is 3.39. The fraction of sp³-hybridized carbons (Fsp3) is 0.100. The van der Waals surface area contributed by atoms with Gasteiger partial charge in [-0.25, -0.2) is 9.59 Å². The summed E-state index contributed by atoms with van der Waals surface area (Å²) in [4.78, 5) is 26.5. The molecule has 82 valence electrons. The van der Waals surface area contributed by atoms with E-state index < -0.39 is 12.1 Å². The summed E-state index contributed by atoms with van der Waals surface area (Å²) >= 11 is 0. The van der Waals surface area contributed by atoms with Crippen molar-refractivity contribution in [2.75, 3.05) is 0 Å². The van der Waals surface area contributed by atoms with Gasteiger partial charge in [-0.05, 0) is 17.7 Å². The number of hydrogen-bond donors (Lipinski definition) is 2. The number of pyridine rings is 1. The molecule has 1 aliphatic heterocycles. The Kier molecular flexibility index (Phi) is 2.32. The van der Waals surface area contributed by atoms with E-state index in [1.165, 1.54) is 12.3 Å². The van der Waals surface area contributed by atoms with Crippen molar-refractivity contribution < 1.29 is 19.8 Å². The minimum Gasteiger partial charge on any atom is -0.477 e. The molecule has 0 fully saturated rings. The number of rotatable bonds is 1. The number of aliphatic carboxylic acids is 1. The maximum atomic E-state index is 10.9. The lowest BCUT2D eigenvalue weighted by Crippen LogP contribution is -2.34. The fourth-order valence-electron chi connectivity index (χ4n) is 1.53. The first-order chi connectivity index (χ1) is 7.59. The molecule has 2 N–H and O–H groups in total. The Bertz CT molecular complexity index is 495. The van der Waals surface area contributed by atoms with E-state index in [1.807, 2.05) is 0 Å². The van der Waals surface area contributed by atoms with E-state index in [0.717, 1.165) is 4.90 Å². The third-order valence-electron chi connectivity index (χ3n) is 2.27. The van der Waals surface area contributed by atoms with Gasteiger partial charge in [0.25, 0.3) is 0 Å². The zero-order valence-electron chi connectivity index (χ0n) is 8.12. The van der Waals surface area contributed by atoms with Crippen molar-refractivity contribution in [2.24, 2.45) is 0 Å².